The molecule has 126 valence electrons. The van der Waals surface area contributed by atoms with Crippen molar-refractivity contribution in [1.82, 2.24) is 4.90 Å². The molecule has 4 rings (SSSR count). The maximum atomic E-state index is 12.9. The van der Waals surface area contributed by atoms with Gasteiger partial charge in [-0.25, -0.2) is 0 Å². The molecule has 1 aromatic rings. The van der Waals surface area contributed by atoms with E-state index in [0.29, 0.717) is 13.1 Å². The third-order valence-corrected chi connectivity index (χ3v) is 5.18. The molecule has 6 nitrogen and oxygen atoms in total. The van der Waals surface area contributed by atoms with Crippen molar-refractivity contribution in [3.63, 3.8) is 0 Å². The molecule has 0 saturated carbocycles. The molecule has 0 aromatic heterocycles. The SMILES string of the molecule is O=C(O)[C@H]1[C@@H](C(=O)N2CCN(c3ccccc3)CC2)[C@H]2C=C[C@@H]1O2. The molecule has 3 heterocycles. The van der Waals surface area contributed by atoms with Gasteiger partial charge in [0.25, 0.3) is 0 Å². The number of para-hydroxylation sites is 1. The highest BCUT2D eigenvalue weighted by Gasteiger charge is 2.54. The summed E-state index contributed by atoms with van der Waals surface area (Å²) < 4.78 is 5.61. The number of ether oxygens (including phenoxy) is 1. The summed E-state index contributed by atoms with van der Waals surface area (Å²) in [7, 11) is 0. The van der Waals surface area contributed by atoms with Gasteiger partial charge in [-0.2, -0.15) is 0 Å². The van der Waals surface area contributed by atoms with Crippen LogP contribution in [0.25, 0.3) is 0 Å². The fourth-order valence-electron chi connectivity index (χ4n) is 3.93. The number of carbonyl (C=O) groups is 2. The molecule has 3 aliphatic heterocycles. The topological polar surface area (TPSA) is 70.1 Å². The number of carboxylic acid groups (broad SMARTS) is 1. The fourth-order valence-corrected chi connectivity index (χ4v) is 3.93. The summed E-state index contributed by atoms with van der Waals surface area (Å²) in [6.07, 6.45) is 2.73. The van der Waals surface area contributed by atoms with Crippen molar-refractivity contribution in [1.29, 1.82) is 0 Å². The Labute approximate surface area is 140 Å². The van der Waals surface area contributed by atoms with Crippen LogP contribution in [0.5, 0.6) is 0 Å². The molecule has 2 bridgehead atoms. The summed E-state index contributed by atoms with van der Waals surface area (Å²) in [5, 5.41) is 9.45. The first-order valence-electron chi connectivity index (χ1n) is 8.30. The van der Waals surface area contributed by atoms with Crippen molar-refractivity contribution >= 4 is 17.6 Å². The molecule has 0 unspecified atom stereocenters. The van der Waals surface area contributed by atoms with E-state index in [-0.39, 0.29) is 5.91 Å². The van der Waals surface area contributed by atoms with Gasteiger partial charge in [0.05, 0.1) is 18.1 Å². The standard InChI is InChI=1S/C18H20N2O4/c21-17(15-13-6-7-14(24-13)16(15)18(22)23)20-10-8-19(9-11-20)12-4-2-1-3-5-12/h1-7,13-16H,8-11H2,(H,22,23)/t13-,14+,15+,16-/m1/s1. The van der Waals surface area contributed by atoms with Crippen LogP contribution in [-0.4, -0.2) is 60.3 Å². The van der Waals surface area contributed by atoms with Crippen LogP contribution in [0.1, 0.15) is 0 Å². The van der Waals surface area contributed by atoms with Crippen molar-refractivity contribution in [2.24, 2.45) is 11.8 Å². The summed E-state index contributed by atoms with van der Waals surface area (Å²) in [4.78, 5) is 28.4. The van der Waals surface area contributed by atoms with E-state index in [4.69, 9.17) is 4.74 Å². The van der Waals surface area contributed by atoms with Gasteiger partial charge in [-0.3, -0.25) is 9.59 Å². The molecule has 3 aliphatic rings. The van der Waals surface area contributed by atoms with Crippen LogP contribution in [0.3, 0.4) is 0 Å². The van der Waals surface area contributed by atoms with Crippen LogP contribution in [0.4, 0.5) is 5.69 Å². The number of nitrogens with zero attached hydrogens (tertiary/aromatic N) is 2. The Morgan fingerprint density at radius 1 is 0.958 bits per heavy atom. The zero-order valence-electron chi connectivity index (χ0n) is 13.2. The van der Waals surface area contributed by atoms with Crippen molar-refractivity contribution in [3.8, 4) is 0 Å². The smallest absolute Gasteiger partial charge is 0.310 e. The normalized spacial score (nSPS) is 31.5. The van der Waals surface area contributed by atoms with E-state index in [9.17, 15) is 14.7 Å². The summed E-state index contributed by atoms with van der Waals surface area (Å²) in [6, 6.07) is 10.1. The lowest BCUT2D eigenvalue weighted by Gasteiger charge is -2.38. The zero-order valence-corrected chi connectivity index (χ0v) is 13.2. The van der Waals surface area contributed by atoms with E-state index >= 15 is 0 Å². The number of anilines is 1. The molecule has 1 amide bonds. The number of aliphatic carboxylic acids is 1. The highest BCUT2D eigenvalue weighted by Crippen LogP contribution is 2.40. The quantitative estimate of drug-likeness (QED) is 0.838. The van der Waals surface area contributed by atoms with Gasteiger partial charge in [-0.1, -0.05) is 30.4 Å². The lowest BCUT2D eigenvalue weighted by atomic mass is 9.82. The average Bonchev–Trinajstić information content (AvgIpc) is 3.23. The van der Waals surface area contributed by atoms with Crippen molar-refractivity contribution in [3.05, 3.63) is 42.5 Å². The molecule has 1 aromatic carbocycles. The number of benzene rings is 1. The molecule has 2 fully saturated rings. The molecule has 24 heavy (non-hydrogen) atoms. The predicted octanol–water partition coefficient (Wildman–Crippen LogP) is 0.989. The molecule has 1 N–H and O–H groups in total. The van der Waals surface area contributed by atoms with Crippen LogP contribution in [0.2, 0.25) is 0 Å². The van der Waals surface area contributed by atoms with E-state index in [1.54, 1.807) is 11.0 Å². The Hall–Kier alpha value is -2.34. The molecule has 6 heteroatoms. The van der Waals surface area contributed by atoms with Crippen LogP contribution >= 0.6 is 0 Å². The fraction of sp³-hybridized carbons (Fsp3) is 0.444. The highest BCUT2D eigenvalue weighted by atomic mass is 16.5. The number of hydrogen-bond donors (Lipinski definition) is 1. The lowest BCUT2D eigenvalue weighted by molar-refractivity contribution is -0.149. The number of rotatable bonds is 3. The van der Waals surface area contributed by atoms with Gasteiger partial charge in [0.2, 0.25) is 5.91 Å². The van der Waals surface area contributed by atoms with E-state index in [1.807, 2.05) is 24.3 Å². The van der Waals surface area contributed by atoms with Gasteiger partial charge in [-0.15, -0.1) is 0 Å². The van der Waals surface area contributed by atoms with Crippen LogP contribution in [0, 0.1) is 11.8 Å². The van der Waals surface area contributed by atoms with E-state index in [2.05, 4.69) is 17.0 Å². The second-order valence-electron chi connectivity index (χ2n) is 6.49. The molecule has 0 aliphatic carbocycles. The molecule has 0 spiro atoms. The van der Waals surface area contributed by atoms with Gasteiger partial charge in [0, 0.05) is 31.9 Å². The second kappa shape index (κ2) is 5.94. The molecular formula is C18H20N2O4. The predicted molar refractivity (Wildman–Crippen MR) is 87.7 cm³/mol. The van der Waals surface area contributed by atoms with Gasteiger partial charge >= 0.3 is 5.97 Å². The minimum absolute atomic E-state index is 0.0908. The number of hydrogen-bond acceptors (Lipinski definition) is 4. The summed E-state index contributed by atoms with van der Waals surface area (Å²) in [6.45, 7) is 2.73. The third kappa shape index (κ3) is 2.47. The van der Waals surface area contributed by atoms with Crippen LogP contribution in [0.15, 0.2) is 42.5 Å². The summed E-state index contributed by atoms with van der Waals surface area (Å²) in [5.74, 6) is -2.40. The number of fused-ring (bicyclic) bond motifs is 2. The Morgan fingerprint density at radius 2 is 1.58 bits per heavy atom. The Bertz CT molecular complexity index is 667. The van der Waals surface area contributed by atoms with Crippen LogP contribution in [-0.2, 0) is 14.3 Å². The van der Waals surface area contributed by atoms with Crippen LogP contribution < -0.4 is 4.90 Å². The van der Waals surface area contributed by atoms with E-state index < -0.39 is 30.0 Å². The van der Waals surface area contributed by atoms with Gasteiger partial charge < -0.3 is 19.6 Å². The lowest BCUT2D eigenvalue weighted by Crippen LogP contribution is -2.53. The monoisotopic (exact) mass is 328 g/mol. The summed E-state index contributed by atoms with van der Waals surface area (Å²) >= 11 is 0. The average molecular weight is 328 g/mol. The van der Waals surface area contributed by atoms with Crippen molar-refractivity contribution < 1.29 is 19.4 Å². The number of piperazine rings is 1. The third-order valence-electron chi connectivity index (χ3n) is 5.18. The number of amides is 1. The second-order valence-corrected chi connectivity index (χ2v) is 6.49. The Kier molecular flexibility index (Phi) is 3.76. The molecule has 4 atom stereocenters. The first-order chi connectivity index (χ1) is 11.6. The van der Waals surface area contributed by atoms with E-state index in [1.165, 1.54) is 0 Å². The molecule has 0 radical (unpaired) electrons. The zero-order chi connectivity index (χ0) is 16.7. The number of carboxylic acids is 1. The van der Waals surface area contributed by atoms with Crippen molar-refractivity contribution in [2.45, 2.75) is 12.2 Å². The van der Waals surface area contributed by atoms with Gasteiger partial charge in [-0.05, 0) is 12.1 Å². The first kappa shape index (κ1) is 15.2. The van der Waals surface area contributed by atoms with Crippen molar-refractivity contribution in [2.75, 3.05) is 31.1 Å². The summed E-state index contributed by atoms with van der Waals surface area (Å²) in [5.41, 5.74) is 1.15. The van der Waals surface area contributed by atoms with Gasteiger partial charge in [0.15, 0.2) is 0 Å². The molecule has 2 saturated heterocycles. The minimum Gasteiger partial charge on any atom is -0.481 e. The minimum atomic E-state index is -0.951. The number of carbonyl (C=O) groups excluding carboxylic acids is 1. The highest BCUT2D eigenvalue weighted by molar-refractivity contribution is 5.87. The largest absolute Gasteiger partial charge is 0.481 e. The maximum Gasteiger partial charge on any atom is 0.310 e. The van der Waals surface area contributed by atoms with Gasteiger partial charge in [0.1, 0.15) is 5.92 Å². The maximum absolute atomic E-state index is 12.9. The molecular weight excluding hydrogens is 308 g/mol. The Balaban J connectivity index is 1.43. The van der Waals surface area contributed by atoms with E-state index in [0.717, 1.165) is 18.8 Å². The Morgan fingerprint density at radius 3 is 2.21 bits per heavy atom. The first-order valence-corrected chi connectivity index (χ1v) is 8.30.